The van der Waals surface area contributed by atoms with Gasteiger partial charge in [0.25, 0.3) is 17.6 Å². The molecule has 3 aliphatic rings. The summed E-state index contributed by atoms with van der Waals surface area (Å²) < 4.78 is 28.2. The van der Waals surface area contributed by atoms with Crippen molar-refractivity contribution < 1.29 is 27.9 Å². The van der Waals surface area contributed by atoms with Gasteiger partial charge in [-0.1, -0.05) is 42.8 Å². The van der Waals surface area contributed by atoms with Gasteiger partial charge in [0, 0.05) is 43.9 Å². The van der Waals surface area contributed by atoms with Crippen LogP contribution in [0.3, 0.4) is 0 Å². The molecule has 5 rings (SSSR count). The molecular formula is C30H34N4O6S. The van der Waals surface area contributed by atoms with Crippen LogP contribution >= 0.6 is 0 Å². The van der Waals surface area contributed by atoms with E-state index in [1.54, 1.807) is 30.3 Å². The first-order valence-corrected chi connectivity index (χ1v) is 15.1. The molecule has 3 heterocycles. The van der Waals surface area contributed by atoms with Gasteiger partial charge in [-0.15, -0.1) is 6.58 Å². The zero-order chi connectivity index (χ0) is 29.5. The zero-order valence-electron chi connectivity index (χ0n) is 23.2. The number of amides is 2. The second-order valence-corrected chi connectivity index (χ2v) is 12.7. The molecule has 2 fully saturated rings. The molecule has 1 spiro atoms. The molecular weight excluding hydrogens is 544 g/mol. The second kappa shape index (κ2) is 10.9. The molecule has 11 heteroatoms. The fourth-order valence-corrected chi connectivity index (χ4v) is 7.54. The van der Waals surface area contributed by atoms with Crippen LogP contribution in [0.1, 0.15) is 30.4 Å². The van der Waals surface area contributed by atoms with Crippen molar-refractivity contribution in [1.82, 2.24) is 14.1 Å². The molecule has 10 nitrogen and oxygen atoms in total. The monoisotopic (exact) mass is 578 g/mol. The molecule has 3 aliphatic heterocycles. The van der Waals surface area contributed by atoms with Crippen molar-refractivity contribution in [2.75, 3.05) is 51.7 Å². The van der Waals surface area contributed by atoms with E-state index in [9.17, 15) is 27.9 Å². The first kappa shape index (κ1) is 28.7. The summed E-state index contributed by atoms with van der Waals surface area (Å²) in [5.41, 5.74) is -1.38. The van der Waals surface area contributed by atoms with Crippen LogP contribution in [-0.4, -0.2) is 92.0 Å². The van der Waals surface area contributed by atoms with Gasteiger partial charge in [-0.25, -0.2) is 8.42 Å². The molecule has 216 valence electrons. The SMILES string of the molecule is C=CCN1C(=O)C2(C(=C(O)c3cccc(S(=O)(=O)N4CCCCC4)c3)C(=O)C(=O)N2CCN(C)C)c2ccccc21. The highest BCUT2D eigenvalue weighted by Gasteiger charge is 2.66. The van der Waals surface area contributed by atoms with E-state index in [0.29, 0.717) is 30.9 Å². The summed E-state index contributed by atoms with van der Waals surface area (Å²) in [4.78, 5) is 46.2. The highest BCUT2D eigenvalue weighted by Crippen LogP contribution is 2.53. The summed E-state index contributed by atoms with van der Waals surface area (Å²) in [5.74, 6) is -3.08. The Kier molecular flexibility index (Phi) is 7.62. The van der Waals surface area contributed by atoms with Crippen molar-refractivity contribution in [1.29, 1.82) is 0 Å². The number of rotatable bonds is 8. The first-order chi connectivity index (χ1) is 19.6. The summed E-state index contributed by atoms with van der Waals surface area (Å²) in [5, 5.41) is 11.8. The summed E-state index contributed by atoms with van der Waals surface area (Å²) in [6, 6.07) is 12.6. The average Bonchev–Trinajstić information content (AvgIpc) is 3.35. The van der Waals surface area contributed by atoms with Crippen LogP contribution in [0.2, 0.25) is 0 Å². The molecule has 2 amide bonds. The molecule has 1 unspecified atom stereocenters. The van der Waals surface area contributed by atoms with E-state index in [1.165, 1.54) is 38.4 Å². The smallest absolute Gasteiger partial charge is 0.296 e. The molecule has 1 atom stereocenters. The molecule has 41 heavy (non-hydrogen) atoms. The predicted octanol–water partition coefficient (Wildman–Crippen LogP) is 2.53. The van der Waals surface area contributed by atoms with Gasteiger partial charge in [0.1, 0.15) is 5.76 Å². The molecule has 0 aliphatic carbocycles. The number of anilines is 1. The lowest BCUT2D eigenvalue weighted by Gasteiger charge is -2.35. The van der Waals surface area contributed by atoms with Crippen LogP contribution in [0.25, 0.3) is 5.76 Å². The highest BCUT2D eigenvalue weighted by molar-refractivity contribution is 7.89. The Morgan fingerprint density at radius 3 is 2.44 bits per heavy atom. The number of piperidine rings is 1. The number of aliphatic hydroxyl groups is 1. The van der Waals surface area contributed by atoms with Crippen LogP contribution in [0.15, 0.2) is 71.7 Å². The number of nitrogens with zero attached hydrogens (tertiary/aromatic N) is 4. The van der Waals surface area contributed by atoms with Crippen LogP contribution in [0, 0.1) is 0 Å². The number of likely N-dealkylation sites (N-methyl/N-ethyl adjacent to an activating group) is 1. The number of fused-ring (bicyclic) bond motifs is 2. The lowest BCUT2D eigenvalue weighted by molar-refractivity contribution is -0.143. The second-order valence-electron chi connectivity index (χ2n) is 10.7. The largest absolute Gasteiger partial charge is 0.507 e. The maximum atomic E-state index is 14.4. The highest BCUT2D eigenvalue weighted by atomic mass is 32.2. The van der Waals surface area contributed by atoms with Gasteiger partial charge in [0.15, 0.2) is 5.54 Å². The molecule has 0 bridgehead atoms. The van der Waals surface area contributed by atoms with E-state index in [4.69, 9.17) is 0 Å². The molecule has 2 aromatic rings. The Bertz CT molecular complexity index is 1560. The Hall–Kier alpha value is -3.80. The minimum absolute atomic E-state index is 0.0283. The number of ketones is 1. The Morgan fingerprint density at radius 2 is 1.76 bits per heavy atom. The number of para-hydroxylation sites is 1. The number of benzene rings is 2. The Morgan fingerprint density at radius 1 is 1.05 bits per heavy atom. The number of Topliss-reactive ketones (excluding diaryl/α,β-unsaturated/α-hetero) is 1. The number of aliphatic hydroxyl groups excluding tert-OH is 1. The number of sulfonamides is 1. The van der Waals surface area contributed by atoms with Crippen LogP contribution in [0.5, 0.6) is 0 Å². The third kappa shape index (κ3) is 4.48. The van der Waals surface area contributed by atoms with E-state index < -0.39 is 38.9 Å². The van der Waals surface area contributed by atoms with Gasteiger partial charge in [0.2, 0.25) is 10.0 Å². The zero-order valence-corrected chi connectivity index (χ0v) is 24.1. The minimum Gasteiger partial charge on any atom is -0.507 e. The molecule has 1 N–H and O–H groups in total. The molecule has 0 saturated carbocycles. The third-order valence-electron chi connectivity index (χ3n) is 7.95. The fraction of sp³-hybridized carbons (Fsp3) is 0.367. The quantitative estimate of drug-likeness (QED) is 0.221. The number of carbonyl (C=O) groups is 3. The summed E-state index contributed by atoms with van der Waals surface area (Å²) in [6.45, 7) is 5.09. The van der Waals surface area contributed by atoms with E-state index in [1.807, 2.05) is 19.0 Å². The van der Waals surface area contributed by atoms with Crippen molar-refractivity contribution in [2.45, 2.75) is 29.7 Å². The summed E-state index contributed by atoms with van der Waals surface area (Å²) in [6.07, 6.45) is 4.03. The fourth-order valence-electron chi connectivity index (χ4n) is 5.98. The van der Waals surface area contributed by atoms with Gasteiger partial charge < -0.3 is 19.8 Å². The molecule has 2 saturated heterocycles. The standard InChI is InChI=1S/C30H34N4O6S/c1-4-15-33-24-14-7-6-13-23(24)30(29(33)38)25(27(36)28(37)34(30)19-18-31(2)3)26(35)21-11-10-12-22(20-21)41(39,40)32-16-8-5-9-17-32/h4,6-7,10-14,20,35H,1,5,8-9,15-19H2,2-3H3. The third-order valence-corrected chi connectivity index (χ3v) is 9.85. The average molecular weight is 579 g/mol. The summed E-state index contributed by atoms with van der Waals surface area (Å²) in [7, 11) is -0.229. The van der Waals surface area contributed by atoms with Gasteiger partial charge in [-0.2, -0.15) is 4.31 Å². The van der Waals surface area contributed by atoms with Gasteiger partial charge >= 0.3 is 0 Å². The maximum absolute atomic E-state index is 14.4. The Balaban J connectivity index is 1.73. The van der Waals surface area contributed by atoms with Gasteiger partial charge in [0.05, 0.1) is 16.2 Å². The minimum atomic E-state index is -3.85. The lowest BCUT2D eigenvalue weighted by Crippen LogP contribution is -2.53. The van der Waals surface area contributed by atoms with Crippen molar-refractivity contribution in [3.05, 3.63) is 77.9 Å². The van der Waals surface area contributed by atoms with Crippen LogP contribution in [-0.2, 0) is 29.9 Å². The van der Waals surface area contributed by atoms with Crippen LogP contribution in [0.4, 0.5) is 5.69 Å². The predicted molar refractivity (Wildman–Crippen MR) is 155 cm³/mol. The number of carbonyl (C=O) groups excluding carboxylic acids is 3. The number of hydrogen-bond donors (Lipinski definition) is 1. The van der Waals surface area contributed by atoms with Crippen molar-refractivity contribution in [3.8, 4) is 0 Å². The number of likely N-dealkylation sites (tertiary alicyclic amines) is 1. The van der Waals surface area contributed by atoms with E-state index in [2.05, 4.69) is 6.58 Å². The van der Waals surface area contributed by atoms with E-state index in [-0.39, 0.29) is 29.1 Å². The number of hydrogen-bond acceptors (Lipinski definition) is 7. The lowest BCUT2D eigenvalue weighted by atomic mass is 9.82. The Labute approximate surface area is 240 Å². The summed E-state index contributed by atoms with van der Waals surface area (Å²) >= 11 is 0. The normalized spacial score (nSPS) is 22.7. The molecule has 2 aromatic carbocycles. The van der Waals surface area contributed by atoms with Gasteiger partial charge in [-0.05, 0) is 45.1 Å². The van der Waals surface area contributed by atoms with Gasteiger partial charge in [-0.3, -0.25) is 14.4 Å². The maximum Gasteiger partial charge on any atom is 0.296 e. The van der Waals surface area contributed by atoms with E-state index >= 15 is 0 Å². The first-order valence-electron chi connectivity index (χ1n) is 13.6. The van der Waals surface area contributed by atoms with Crippen molar-refractivity contribution in [3.63, 3.8) is 0 Å². The van der Waals surface area contributed by atoms with Crippen molar-refractivity contribution >= 4 is 39.1 Å². The molecule has 0 radical (unpaired) electrons. The topological polar surface area (TPSA) is 119 Å². The van der Waals surface area contributed by atoms with Crippen molar-refractivity contribution in [2.24, 2.45) is 0 Å². The van der Waals surface area contributed by atoms with E-state index in [0.717, 1.165) is 19.3 Å². The molecule has 0 aromatic heterocycles. The van der Waals surface area contributed by atoms with Crippen LogP contribution < -0.4 is 4.90 Å².